The number of nitrogen functional groups attached to an aromatic ring is 1. The zero-order chi connectivity index (χ0) is 34.3. The Kier molecular flexibility index (Phi) is 19.9. The SMILES string of the molecule is C=O.CCCCC(=O)NN(C)Cc1c(C=O)cccc1NC(=O)CNCCOCCN1CC(c2ccc(N)c(OC)c2)C1.NC=O. The molecule has 0 aliphatic carbocycles. The van der Waals surface area contributed by atoms with Gasteiger partial charge >= 0.3 is 0 Å². The Balaban J connectivity index is 0.00000199. The Bertz CT molecular complexity index is 1230. The summed E-state index contributed by atoms with van der Waals surface area (Å²) in [6.07, 6.45) is 3.19. The van der Waals surface area contributed by atoms with Crippen molar-refractivity contribution >= 4 is 42.7 Å². The Morgan fingerprint density at radius 3 is 2.50 bits per heavy atom. The van der Waals surface area contributed by atoms with Gasteiger partial charge in [0.1, 0.15) is 18.8 Å². The molecule has 1 aliphatic rings. The molecule has 14 nitrogen and oxygen atoms in total. The highest BCUT2D eigenvalue weighted by molar-refractivity contribution is 5.94. The first-order valence-corrected chi connectivity index (χ1v) is 15.0. The Morgan fingerprint density at radius 2 is 1.85 bits per heavy atom. The van der Waals surface area contributed by atoms with Gasteiger partial charge in [-0.05, 0) is 30.2 Å². The number of hydrogen-bond donors (Lipinski definition) is 5. The first-order chi connectivity index (χ1) is 22.3. The molecule has 7 N–H and O–H groups in total. The number of nitrogens with one attached hydrogen (secondary N) is 3. The van der Waals surface area contributed by atoms with E-state index in [2.05, 4.69) is 32.8 Å². The molecule has 1 heterocycles. The number of nitrogens with zero attached hydrogens (tertiary/aromatic N) is 2. The van der Waals surface area contributed by atoms with Gasteiger partial charge in [-0.2, -0.15) is 0 Å². The topological polar surface area (TPSA) is 198 Å². The number of aldehydes is 1. The van der Waals surface area contributed by atoms with Crippen LogP contribution in [0.15, 0.2) is 36.4 Å². The molecule has 2 aromatic carbocycles. The van der Waals surface area contributed by atoms with Gasteiger partial charge in [-0.1, -0.05) is 31.5 Å². The lowest BCUT2D eigenvalue weighted by Gasteiger charge is -2.39. The molecule has 0 bridgehead atoms. The molecule has 1 fully saturated rings. The summed E-state index contributed by atoms with van der Waals surface area (Å²) in [5, 5.41) is 7.59. The second-order valence-electron chi connectivity index (χ2n) is 10.4. The van der Waals surface area contributed by atoms with Crippen molar-refractivity contribution in [3.63, 3.8) is 0 Å². The van der Waals surface area contributed by atoms with Crippen LogP contribution in [0.2, 0.25) is 0 Å². The number of carbonyl (C=O) groups excluding carboxylic acids is 5. The van der Waals surface area contributed by atoms with Gasteiger partial charge in [0, 0.05) is 68.9 Å². The molecular formula is C32H49N7O7. The fraction of sp³-hybridized carbons (Fsp3) is 0.469. The molecule has 1 aliphatic heterocycles. The second-order valence-corrected chi connectivity index (χ2v) is 10.4. The van der Waals surface area contributed by atoms with E-state index in [0.717, 1.165) is 44.5 Å². The third-order valence-corrected chi connectivity index (χ3v) is 7.03. The Hall–Kier alpha value is -4.37. The minimum atomic E-state index is -0.227. The molecule has 1 saturated heterocycles. The molecule has 0 aromatic heterocycles. The van der Waals surface area contributed by atoms with Crippen LogP contribution in [0.25, 0.3) is 0 Å². The maximum atomic E-state index is 12.6. The molecule has 0 spiro atoms. The maximum Gasteiger partial charge on any atom is 0.238 e. The third kappa shape index (κ3) is 14.2. The lowest BCUT2D eigenvalue weighted by Crippen LogP contribution is -2.46. The number of methoxy groups -OCH3 is 1. The predicted molar refractivity (Wildman–Crippen MR) is 177 cm³/mol. The smallest absolute Gasteiger partial charge is 0.238 e. The van der Waals surface area contributed by atoms with Crippen LogP contribution < -0.4 is 32.3 Å². The zero-order valence-electron chi connectivity index (χ0n) is 27.1. The first kappa shape index (κ1) is 39.7. The average molecular weight is 644 g/mol. The molecule has 0 radical (unpaired) electrons. The summed E-state index contributed by atoms with van der Waals surface area (Å²) in [4.78, 5) is 55.2. The van der Waals surface area contributed by atoms with Crippen LogP contribution in [0.3, 0.4) is 0 Å². The van der Waals surface area contributed by atoms with E-state index >= 15 is 0 Å². The fourth-order valence-corrected chi connectivity index (χ4v) is 4.67. The summed E-state index contributed by atoms with van der Waals surface area (Å²) in [5.74, 6) is 0.886. The molecule has 0 atom stereocenters. The average Bonchev–Trinajstić information content (AvgIpc) is 3.03. The quantitative estimate of drug-likeness (QED) is 0.0679. The number of ether oxygens (including phenoxy) is 2. The maximum absolute atomic E-state index is 12.6. The number of hydrazine groups is 1. The van der Waals surface area contributed by atoms with E-state index in [1.54, 1.807) is 37.4 Å². The van der Waals surface area contributed by atoms with E-state index in [0.29, 0.717) is 54.6 Å². The van der Waals surface area contributed by atoms with E-state index in [1.165, 1.54) is 5.56 Å². The number of primary amides is 1. The number of amides is 3. The molecule has 2 aromatic rings. The molecular weight excluding hydrogens is 594 g/mol. The van der Waals surface area contributed by atoms with Crippen molar-refractivity contribution in [1.82, 2.24) is 20.7 Å². The minimum absolute atomic E-state index is 0.0804. The van der Waals surface area contributed by atoms with E-state index in [9.17, 15) is 14.4 Å². The summed E-state index contributed by atoms with van der Waals surface area (Å²) in [7, 11) is 3.36. The summed E-state index contributed by atoms with van der Waals surface area (Å²) < 4.78 is 11.1. The molecule has 0 unspecified atom stereocenters. The van der Waals surface area contributed by atoms with Crippen molar-refractivity contribution in [3.8, 4) is 5.75 Å². The molecule has 0 saturated carbocycles. The first-order valence-electron chi connectivity index (χ1n) is 15.0. The van der Waals surface area contributed by atoms with Gasteiger partial charge < -0.3 is 36.4 Å². The lowest BCUT2D eigenvalue weighted by molar-refractivity contribution is -0.125. The summed E-state index contributed by atoms with van der Waals surface area (Å²) >= 11 is 0. The van der Waals surface area contributed by atoms with Crippen LogP contribution in [-0.2, 0) is 30.5 Å². The van der Waals surface area contributed by atoms with Crippen LogP contribution in [-0.4, -0.2) is 101 Å². The van der Waals surface area contributed by atoms with Crippen LogP contribution in [0, 0.1) is 0 Å². The van der Waals surface area contributed by atoms with Gasteiger partial charge in [0.05, 0.1) is 32.6 Å². The van der Waals surface area contributed by atoms with Crippen molar-refractivity contribution in [1.29, 1.82) is 0 Å². The standard InChI is InChI=1S/C30H44N6O5.CH3NO.CH2O/c1-4-5-9-29(38)34-35(2)20-25-23(21-37)7-6-8-27(25)33-30(39)17-32-12-14-41-15-13-36-18-24(19-36)22-10-11-26(31)28(16-22)40-3;2-1-3;1-2/h6-8,10-11,16,21,24,32H,4-5,9,12-15,17-20,31H2,1-3H3,(H,33,39)(H,34,38);1H,(H2,2,3);1H2. The normalized spacial score (nSPS) is 12.4. The summed E-state index contributed by atoms with van der Waals surface area (Å²) in [6.45, 7) is 8.86. The van der Waals surface area contributed by atoms with Crippen molar-refractivity contribution < 1.29 is 33.4 Å². The third-order valence-electron chi connectivity index (χ3n) is 7.03. The Labute approximate surface area is 271 Å². The number of likely N-dealkylation sites (tertiary alicyclic amines) is 1. The van der Waals surface area contributed by atoms with Crippen molar-refractivity contribution in [2.24, 2.45) is 5.73 Å². The van der Waals surface area contributed by atoms with Gasteiger partial charge in [-0.25, -0.2) is 5.01 Å². The molecule has 254 valence electrons. The number of unbranched alkanes of at least 4 members (excludes halogenated alkanes) is 1. The van der Waals surface area contributed by atoms with E-state index in [4.69, 9.17) is 24.8 Å². The largest absolute Gasteiger partial charge is 0.495 e. The minimum Gasteiger partial charge on any atom is -0.495 e. The second kappa shape index (κ2) is 23.0. The van der Waals surface area contributed by atoms with Gasteiger partial charge in [0.25, 0.3) is 0 Å². The van der Waals surface area contributed by atoms with Gasteiger partial charge in [-0.3, -0.25) is 29.5 Å². The van der Waals surface area contributed by atoms with Crippen LogP contribution in [0.1, 0.15) is 53.6 Å². The number of carbonyl (C=O) groups is 5. The lowest BCUT2D eigenvalue weighted by atomic mass is 9.91. The van der Waals surface area contributed by atoms with E-state index < -0.39 is 0 Å². The molecule has 3 rings (SSSR count). The van der Waals surface area contributed by atoms with Crippen LogP contribution >= 0.6 is 0 Å². The monoisotopic (exact) mass is 643 g/mol. The molecule has 14 heteroatoms. The number of hydrogen-bond acceptors (Lipinski definition) is 11. The number of anilines is 2. The van der Waals surface area contributed by atoms with Gasteiger partial charge in [-0.15, -0.1) is 0 Å². The Morgan fingerprint density at radius 1 is 1.13 bits per heavy atom. The molecule has 3 amide bonds. The number of rotatable bonds is 18. The van der Waals surface area contributed by atoms with Crippen molar-refractivity contribution in [2.45, 2.75) is 38.6 Å². The van der Waals surface area contributed by atoms with Crippen LogP contribution in [0.4, 0.5) is 11.4 Å². The van der Waals surface area contributed by atoms with Gasteiger partial charge in [0.15, 0.2) is 0 Å². The van der Waals surface area contributed by atoms with Gasteiger partial charge in [0.2, 0.25) is 18.2 Å². The fourth-order valence-electron chi connectivity index (χ4n) is 4.67. The number of benzene rings is 2. The highest BCUT2D eigenvalue weighted by atomic mass is 16.5. The zero-order valence-corrected chi connectivity index (χ0v) is 27.1. The highest BCUT2D eigenvalue weighted by Gasteiger charge is 2.28. The summed E-state index contributed by atoms with van der Waals surface area (Å²) in [6, 6.07) is 11.1. The van der Waals surface area contributed by atoms with Crippen molar-refractivity contribution in [3.05, 3.63) is 53.1 Å². The highest BCUT2D eigenvalue weighted by Crippen LogP contribution is 2.31. The predicted octanol–water partition coefficient (Wildman–Crippen LogP) is 1.30. The summed E-state index contributed by atoms with van der Waals surface area (Å²) in [5.41, 5.74) is 16.4. The molecule has 46 heavy (non-hydrogen) atoms. The van der Waals surface area contributed by atoms with Crippen LogP contribution in [0.5, 0.6) is 5.75 Å². The van der Waals surface area contributed by atoms with E-state index in [-0.39, 0.29) is 31.3 Å². The van der Waals surface area contributed by atoms with Crippen molar-refractivity contribution in [2.75, 3.05) is 71.1 Å². The number of nitrogens with two attached hydrogens (primary N) is 2. The van der Waals surface area contributed by atoms with E-state index in [1.807, 2.05) is 25.8 Å².